The summed E-state index contributed by atoms with van der Waals surface area (Å²) < 4.78 is 5.36. The van der Waals surface area contributed by atoms with E-state index in [1.165, 1.54) is 0 Å². The molecule has 0 spiro atoms. The Morgan fingerprint density at radius 3 is 2.15 bits per heavy atom. The number of nitrogens with zero attached hydrogens (tertiary/aromatic N) is 1. The molecule has 0 fully saturated rings. The van der Waals surface area contributed by atoms with Gasteiger partial charge in [-0.2, -0.15) is 0 Å². The van der Waals surface area contributed by atoms with Gasteiger partial charge in [-0.15, -0.1) is 0 Å². The maximum Gasteiger partial charge on any atom is 0.243 e. The predicted molar refractivity (Wildman–Crippen MR) is 131 cm³/mol. The normalized spacial score (nSPS) is 11.5. The highest BCUT2D eigenvalue weighted by atomic mass is 16.5. The second-order valence-corrected chi connectivity index (χ2v) is 7.96. The molecule has 0 saturated heterocycles. The number of hydrogen-bond donors (Lipinski definition) is 1. The van der Waals surface area contributed by atoms with E-state index in [1.807, 2.05) is 91.9 Å². The van der Waals surface area contributed by atoms with Crippen molar-refractivity contribution in [2.75, 3.05) is 13.7 Å². The molecule has 1 atom stereocenters. The summed E-state index contributed by atoms with van der Waals surface area (Å²) in [7, 11) is 1.62. The number of benzene rings is 3. The molecule has 0 unspecified atom stereocenters. The zero-order valence-electron chi connectivity index (χ0n) is 19.4. The van der Waals surface area contributed by atoms with Gasteiger partial charge in [-0.05, 0) is 42.2 Å². The first-order valence-corrected chi connectivity index (χ1v) is 11.4. The van der Waals surface area contributed by atoms with Crippen LogP contribution in [-0.4, -0.2) is 36.4 Å². The van der Waals surface area contributed by atoms with Crippen LogP contribution in [-0.2, 0) is 29.0 Å². The molecule has 3 aromatic rings. The van der Waals surface area contributed by atoms with Gasteiger partial charge < -0.3 is 15.0 Å². The van der Waals surface area contributed by atoms with E-state index in [9.17, 15) is 9.59 Å². The third kappa shape index (κ3) is 7.21. The molecule has 0 aliphatic rings. The molecule has 0 radical (unpaired) electrons. The molecule has 0 bridgehead atoms. The summed E-state index contributed by atoms with van der Waals surface area (Å²) in [6, 6.07) is 26.8. The van der Waals surface area contributed by atoms with Crippen LogP contribution >= 0.6 is 0 Å². The fourth-order valence-corrected chi connectivity index (χ4v) is 3.85. The van der Waals surface area contributed by atoms with Crippen LogP contribution in [0.25, 0.3) is 0 Å². The lowest BCUT2D eigenvalue weighted by Gasteiger charge is -2.31. The van der Waals surface area contributed by atoms with Crippen molar-refractivity contribution in [2.45, 2.75) is 38.8 Å². The lowest BCUT2D eigenvalue weighted by Crippen LogP contribution is -2.50. The van der Waals surface area contributed by atoms with Crippen LogP contribution in [0.1, 0.15) is 30.0 Å². The Kier molecular flexibility index (Phi) is 9.07. The molecule has 3 aromatic carbocycles. The quantitative estimate of drug-likeness (QED) is 0.477. The fraction of sp³-hybridized carbons (Fsp3) is 0.286. The molecule has 0 saturated carbocycles. The zero-order valence-corrected chi connectivity index (χ0v) is 19.4. The maximum atomic E-state index is 13.5. The summed E-state index contributed by atoms with van der Waals surface area (Å²) >= 11 is 0. The number of likely N-dealkylation sites (N-methyl/N-ethyl adjacent to an activating group) is 1. The number of ether oxygens (including phenoxy) is 1. The molecular formula is C28H32N2O3. The molecule has 33 heavy (non-hydrogen) atoms. The van der Waals surface area contributed by atoms with E-state index in [0.717, 1.165) is 22.4 Å². The molecule has 1 N–H and O–H groups in total. The third-order valence-corrected chi connectivity index (χ3v) is 5.58. The first kappa shape index (κ1) is 24.1. The van der Waals surface area contributed by atoms with Crippen LogP contribution in [0.15, 0.2) is 84.9 Å². The standard InChI is InChI=1S/C28H32N2O3/c1-3-29-28(32)26(20-23-13-8-5-9-14-23)30(21-24-15-10-16-25(19-24)33-2)27(31)18-17-22-11-6-4-7-12-22/h4-16,19,26H,3,17-18,20-21H2,1-2H3,(H,29,32)/t26-/m1/s1. The molecule has 0 aliphatic carbocycles. The van der Waals surface area contributed by atoms with Crippen molar-refractivity contribution in [1.29, 1.82) is 0 Å². The van der Waals surface area contributed by atoms with Gasteiger partial charge in [0.25, 0.3) is 0 Å². The molecular weight excluding hydrogens is 412 g/mol. The predicted octanol–water partition coefficient (Wildman–Crippen LogP) is 4.40. The summed E-state index contributed by atoms with van der Waals surface area (Å²) in [4.78, 5) is 28.4. The minimum absolute atomic E-state index is 0.0474. The van der Waals surface area contributed by atoms with Gasteiger partial charge in [-0.25, -0.2) is 0 Å². The summed E-state index contributed by atoms with van der Waals surface area (Å²) in [5.41, 5.74) is 3.04. The molecule has 172 valence electrons. The summed E-state index contributed by atoms with van der Waals surface area (Å²) in [6.07, 6.45) is 1.41. The first-order valence-electron chi connectivity index (χ1n) is 11.4. The molecule has 0 aromatic heterocycles. The Morgan fingerprint density at radius 2 is 1.52 bits per heavy atom. The smallest absolute Gasteiger partial charge is 0.243 e. The highest BCUT2D eigenvalue weighted by molar-refractivity contribution is 5.88. The van der Waals surface area contributed by atoms with E-state index in [1.54, 1.807) is 12.0 Å². The van der Waals surface area contributed by atoms with Crippen molar-refractivity contribution in [3.63, 3.8) is 0 Å². The third-order valence-electron chi connectivity index (χ3n) is 5.58. The van der Waals surface area contributed by atoms with Gasteiger partial charge in [0.2, 0.25) is 11.8 Å². The lowest BCUT2D eigenvalue weighted by molar-refractivity contribution is -0.141. The summed E-state index contributed by atoms with van der Waals surface area (Å²) in [5.74, 6) is 0.535. The fourth-order valence-electron chi connectivity index (χ4n) is 3.85. The topological polar surface area (TPSA) is 58.6 Å². The van der Waals surface area contributed by atoms with Crippen LogP contribution in [0.3, 0.4) is 0 Å². The first-order chi connectivity index (χ1) is 16.1. The monoisotopic (exact) mass is 444 g/mol. The molecule has 2 amide bonds. The Balaban J connectivity index is 1.89. The Morgan fingerprint density at radius 1 is 0.879 bits per heavy atom. The largest absolute Gasteiger partial charge is 0.497 e. The van der Waals surface area contributed by atoms with Gasteiger partial charge >= 0.3 is 0 Å². The van der Waals surface area contributed by atoms with Crippen molar-refractivity contribution in [3.05, 3.63) is 102 Å². The number of amides is 2. The van der Waals surface area contributed by atoms with Gasteiger partial charge in [-0.1, -0.05) is 72.8 Å². The highest BCUT2D eigenvalue weighted by Gasteiger charge is 2.30. The molecule has 5 heteroatoms. The van der Waals surface area contributed by atoms with Gasteiger partial charge in [-0.3, -0.25) is 9.59 Å². The van der Waals surface area contributed by atoms with Gasteiger partial charge in [0.15, 0.2) is 0 Å². The Labute approximate surface area is 196 Å². The van der Waals surface area contributed by atoms with Crippen LogP contribution < -0.4 is 10.1 Å². The number of hydrogen-bond acceptors (Lipinski definition) is 3. The highest BCUT2D eigenvalue weighted by Crippen LogP contribution is 2.19. The van der Waals surface area contributed by atoms with Crippen molar-refractivity contribution < 1.29 is 14.3 Å². The van der Waals surface area contributed by atoms with Crippen molar-refractivity contribution in [2.24, 2.45) is 0 Å². The zero-order chi connectivity index (χ0) is 23.5. The Bertz CT molecular complexity index is 1020. The van der Waals surface area contributed by atoms with Crippen LogP contribution in [0.2, 0.25) is 0 Å². The number of rotatable bonds is 11. The van der Waals surface area contributed by atoms with E-state index >= 15 is 0 Å². The summed E-state index contributed by atoms with van der Waals surface area (Å²) in [6.45, 7) is 2.73. The van der Waals surface area contributed by atoms with E-state index in [4.69, 9.17) is 4.74 Å². The second-order valence-electron chi connectivity index (χ2n) is 7.96. The number of carbonyl (C=O) groups is 2. The van der Waals surface area contributed by atoms with Crippen molar-refractivity contribution in [3.8, 4) is 5.75 Å². The minimum Gasteiger partial charge on any atom is -0.497 e. The minimum atomic E-state index is -0.609. The summed E-state index contributed by atoms with van der Waals surface area (Å²) in [5, 5.41) is 2.93. The van der Waals surface area contributed by atoms with E-state index < -0.39 is 6.04 Å². The number of nitrogens with one attached hydrogen (secondary N) is 1. The van der Waals surface area contributed by atoms with Crippen LogP contribution in [0.5, 0.6) is 5.75 Å². The number of methoxy groups -OCH3 is 1. The van der Waals surface area contributed by atoms with E-state index in [-0.39, 0.29) is 11.8 Å². The second kappa shape index (κ2) is 12.4. The average molecular weight is 445 g/mol. The van der Waals surface area contributed by atoms with Crippen molar-refractivity contribution in [1.82, 2.24) is 10.2 Å². The van der Waals surface area contributed by atoms with Crippen LogP contribution in [0.4, 0.5) is 0 Å². The van der Waals surface area contributed by atoms with Crippen molar-refractivity contribution >= 4 is 11.8 Å². The van der Waals surface area contributed by atoms with Crippen LogP contribution in [0, 0.1) is 0 Å². The lowest BCUT2D eigenvalue weighted by atomic mass is 10.0. The molecule has 0 heterocycles. The maximum absolute atomic E-state index is 13.5. The molecule has 3 rings (SSSR count). The van der Waals surface area contributed by atoms with E-state index in [2.05, 4.69) is 5.32 Å². The SMILES string of the molecule is CCNC(=O)[C@@H](Cc1ccccc1)N(Cc1cccc(OC)c1)C(=O)CCc1ccccc1. The molecule has 0 aliphatic heterocycles. The average Bonchev–Trinajstić information content (AvgIpc) is 2.86. The number of carbonyl (C=O) groups excluding carboxylic acids is 2. The van der Waals surface area contributed by atoms with E-state index in [0.29, 0.717) is 32.4 Å². The number of aryl methyl sites for hydroxylation is 1. The van der Waals surface area contributed by atoms with Gasteiger partial charge in [0.1, 0.15) is 11.8 Å². The van der Waals surface area contributed by atoms with Gasteiger partial charge in [0, 0.05) is 25.9 Å². The van der Waals surface area contributed by atoms with Gasteiger partial charge in [0.05, 0.1) is 7.11 Å². The molecule has 5 nitrogen and oxygen atoms in total. The Hall–Kier alpha value is -3.60.